The quantitative estimate of drug-likeness (QED) is 0.520. The summed E-state index contributed by atoms with van der Waals surface area (Å²) in [5.74, 6) is 5.24. The number of amides is 2. The molecule has 5 nitrogen and oxygen atoms in total. The highest BCUT2D eigenvalue weighted by Gasteiger charge is 2.08. The van der Waals surface area contributed by atoms with Gasteiger partial charge in [0, 0.05) is 25.6 Å². The largest absolute Gasteiger partial charge is 0.355 e. The van der Waals surface area contributed by atoms with Crippen molar-refractivity contribution < 1.29 is 9.59 Å². The summed E-state index contributed by atoms with van der Waals surface area (Å²) in [6, 6.07) is 7.06. The van der Waals surface area contributed by atoms with Gasteiger partial charge in [-0.25, -0.2) is 0 Å². The van der Waals surface area contributed by atoms with Crippen LogP contribution in [0.2, 0.25) is 0 Å². The highest BCUT2D eigenvalue weighted by molar-refractivity contribution is 5.96. The number of hydrogen-bond donors (Lipinski definition) is 3. The predicted octanol–water partition coefficient (Wildman–Crippen LogP) is -0.137. The van der Waals surface area contributed by atoms with Gasteiger partial charge in [-0.05, 0) is 12.1 Å². The fourth-order valence-corrected chi connectivity index (χ4v) is 1.45. The molecule has 0 atom stereocenters. The minimum Gasteiger partial charge on any atom is -0.355 e. The lowest BCUT2D eigenvalue weighted by molar-refractivity contribution is -0.118. The van der Waals surface area contributed by atoms with Gasteiger partial charge in [-0.15, -0.1) is 0 Å². The molecule has 0 spiro atoms. The number of benzene rings is 1. The summed E-state index contributed by atoms with van der Waals surface area (Å²) in [5, 5.41) is 5.32. The topological polar surface area (TPSA) is 84.2 Å². The van der Waals surface area contributed by atoms with Crippen LogP contribution in [0.15, 0.2) is 24.3 Å². The van der Waals surface area contributed by atoms with Crippen molar-refractivity contribution in [2.75, 3.05) is 19.6 Å². The molecule has 0 aliphatic heterocycles. The van der Waals surface area contributed by atoms with E-state index in [-0.39, 0.29) is 18.4 Å². The predicted molar refractivity (Wildman–Crippen MR) is 73.4 cm³/mol. The summed E-state index contributed by atoms with van der Waals surface area (Å²) in [5.41, 5.74) is 6.46. The molecule has 0 aromatic heterocycles. The molecule has 1 aromatic rings. The molecule has 5 heteroatoms. The van der Waals surface area contributed by atoms with E-state index in [1.165, 1.54) is 6.92 Å². The van der Waals surface area contributed by atoms with E-state index in [0.29, 0.717) is 24.2 Å². The molecule has 0 aliphatic carbocycles. The number of nitrogens with two attached hydrogens (primary N) is 1. The third-order valence-corrected chi connectivity index (χ3v) is 2.28. The van der Waals surface area contributed by atoms with Gasteiger partial charge >= 0.3 is 0 Å². The Morgan fingerprint density at radius 2 is 1.89 bits per heavy atom. The Balaban J connectivity index is 2.63. The molecule has 0 unspecified atom stereocenters. The standard InChI is InChI=1S/C14H17N3O2/c1-11(18)16-9-10-17-14(19)13-7-3-2-5-12(13)6-4-8-15/h2-3,5,7H,8-10,15H2,1H3,(H,16,18)(H,17,19). The van der Waals surface area contributed by atoms with E-state index in [0.717, 1.165) is 0 Å². The third kappa shape index (κ3) is 5.23. The number of carbonyl (C=O) groups is 2. The van der Waals surface area contributed by atoms with Crippen LogP contribution in [0, 0.1) is 11.8 Å². The summed E-state index contributed by atoms with van der Waals surface area (Å²) in [6.07, 6.45) is 0. The van der Waals surface area contributed by atoms with Crippen LogP contribution in [0.5, 0.6) is 0 Å². The van der Waals surface area contributed by atoms with Crippen LogP contribution in [0.3, 0.4) is 0 Å². The molecule has 19 heavy (non-hydrogen) atoms. The molecule has 0 saturated heterocycles. The van der Waals surface area contributed by atoms with Gasteiger partial charge in [-0.1, -0.05) is 24.0 Å². The van der Waals surface area contributed by atoms with Gasteiger partial charge in [0.1, 0.15) is 0 Å². The summed E-state index contributed by atoms with van der Waals surface area (Å²) >= 11 is 0. The maximum atomic E-state index is 12.0. The average molecular weight is 259 g/mol. The molecule has 4 N–H and O–H groups in total. The smallest absolute Gasteiger partial charge is 0.252 e. The molecule has 100 valence electrons. The molecule has 2 amide bonds. The van der Waals surface area contributed by atoms with Gasteiger partial charge in [0.25, 0.3) is 5.91 Å². The Labute approximate surface area is 112 Å². The Morgan fingerprint density at radius 1 is 1.21 bits per heavy atom. The van der Waals surface area contributed by atoms with Crippen LogP contribution in [-0.4, -0.2) is 31.4 Å². The van der Waals surface area contributed by atoms with Gasteiger partial charge in [0.15, 0.2) is 0 Å². The second-order valence-electron chi connectivity index (χ2n) is 3.79. The fraction of sp³-hybridized carbons (Fsp3) is 0.286. The Bertz CT molecular complexity index is 515. The summed E-state index contributed by atoms with van der Waals surface area (Å²) in [6.45, 7) is 2.45. The normalized spacial score (nSPS) is 9.16. The van der Waals surface area contributed by atoms with Crippen molar-refractivity contribution in [3.8, 4) is 11.8 Å². The first-order valence-electron chi connectivity index (χ1n) is 5.95. The second-order valence-corrected chi connectivity index (χ2v) is 3.79. The second kappa shape index (κ2) is 7.90. The number of carbonyl (C=O) groups excluding carboxylic acids is 2. The first-order valence-corrected chi connectivity index (χ1v) is 5.95. The Hall–Kier alpha value is -2.32. The van der Waals surface area contributed by atoms with E-state index in [1.807, 2.05) is 6.07 Å². The number of rotatable bonds is 4. The Kier molecular flexibility index (Phi) is 6.13. The zero-order valence-electron chi connectivity index (χ0n) is 10.8. The van der Waals surface area contributed by atoms with E-state index in [4.69, 9.17) is 5.73 Å². The number of nitrogens with one attached hydrogen (secondary N) is 2. The number of hydrogen-bond acceptors (Lipinski definition) is 3. The van der Waals surface area contributed by atoms with Crippen molar-refractivity contribution in [3.05, 3.63) is 35.4 Å². The van der Waals surface area contributed by atoms with Crippen molar-refractivity contribution in [2.24, 2.45) is 5.73 Å². The van der Waals surface area contributed by atoms with Crippen molar-refractivity contribution in [2.45, 2.75) is 6.92 Å². The van der Waals surface area contributed by atoms with E-state index < -0.39 is 0 Å². The average Bonchev–Trinajstić information content (AvgIpc) is 2.41. The van der Waals surface area contributed by atoms with Crippen LogP contribution in [0.25, 0.3) is 0 Å². The highest BCUT2D eigenvalue weighted by atomic mass is 16.2. The van der Waals surface area contributed by atoms with Crippen molar-refractivity contribution in [1.82, 2.24) is 10.6 Å². The molecule has 1 aromatic carbocycles. The monoisotopic (exact) mass is 259 g/mol. The molecule has 0 heterocycles. The summed E-state index contributed by atoms with van der Waals surface area (Å²) in [4.78, 5) is 22.6. The van der Waals surface area contributed by atoms with E-state index >= 15 is 0 Å². The van der Waals surface area contributed by atoms with Crippen LogP contribution >= 0.6 is 0 Å². The molecular weight excluding hydrogens is 242 g/mol. The first-order chi connectivity index (χ1) is 9.15. The lowest BCUT2D eigenvalue weighted by atomic mass is 10.1. The highest BCUT2D eigenvalue weighted by Crippen LogP contribution is 2.06. The minimum atomic E-state index is -0.215. The van der Waals surface area contributed by atoms with Crippen LogP contribution < -0.4 is 16.4 Å². The minimum absolute atomic E-state index is 0.122. The molecule has 0 radical (unpaired) electrons. The van der Waals surface area contributed by atoms with Gasteiger partial charge in [0.05, 0.1) is 12.1 Å². The summed E-state index contributed by atoms with van der Waals surface area (Å²) in [7, 11) is 0. The van der Waals surface area contributed by atoms with Crippen molar-refractivity contribution in [3.63, 3.8) is 0 Å². The zero-order chi connectivity index (χ0) is 14.1. The van der Waals surface area contributed by atoms with Crippen molar-refractivity contribution >= 4 is 11.8 Å². The fourth-order valence-electron chi connectivity index (χ4n) is 1.45. The van der Waals surface area contributed by atoms with Crippen LogP contribution in [0.4, 0.5) is 0 Å². The van der Waals surface area contributed by atoms with E-state index in [9.17, 15) is 9.59 Å². The maximum Gasteiger partial charge on any atom is 0.252 e. The van der Waals surface area contributed by atoms with Crippen LogP contribution in [0.1, 0.15) is 22.8 Å². The van der Waals surface area contributed by atoms with Gasteiger partial charge in [0.2, 0.25) is 5.91 Å². The van der Waals surface area contributed by atoms with Gasteiger partial charge in [-0.3, -0.25) is 9.59 Å². The van der Waals surface area contributed by atoms with Crippen LogP contribution in [-0.2, 0) is 4.79 Å². The zero-order valence-corrected chi connectivity index (χ0v) is 10.8. The molecular formula is C14H17N3O2. The SMILES string of the molecule is CC(=O)NCCNC(=O)c1ccccc1C#CCN. The maximum absolute atomic E-state index is 12.0. The molecule has 0 saturated carbocycles. The Morgan fingerprint density at radius 3 is 2.58 bits per heavy atom. The van der Waals surface area contributed by atoms with Gasteiger partial charge < -0.3 is 16.4 Å². The first kappa shape index (κ1) is 14.7. The van der Waals surface area contributed by atoms with Crippen molar-refractivity contribution in [1.29, 1.82) is 0 Å². The van der Waals surface area contributed by atoms with E-state index in [2.05, 4.69) is 22.5 Å². The lowest BCUT2D eigenvalue weighted by Crippen LogP contribution is -2.33. The summed E-state index contributed by atoms with van der Waals surface area (Å²) < 4.78 is 0. The molecule has 0 bridgehead atoms. The van der Waals surface area contributed by atoms with Gasteiger partial charge in [-0.2, -0.15) is 0 Å². The molecule has 1 rings (SSSR count). The molecule has 0 aliphatic rings. The third-order valence-electron chi connectivity index (χ3n) is 2.28. The van der Waals surface area contributed by atoms with E-state index in [1.54, 1.807) is 18.2 Å². The lowest BCUT2D eigenvalue weighted by Gasteiger charge is -2.07. The molecule has 0 fully saturated rings.